The van der Waals surface area contributed by atoms with E-state index in [0.29, 0.717) is 48.9 Å². The highest BCUT2D eigenvalue weighted by Crippen LogP contribution is 2.67. The van der Waals surface area contributed by atoms with E-state index in [-0.39, 0.29) is 34.9 Å². The van der Waals surface area contributed by atoms with Gasteiger partial charge >= 0.3 is 0 Å². The van der Waals surface area contributed by atoms with Crippen LogP contribution in [0.2, 0.25) is 0 Å². The van der Waals surface area contributed by atoms with Gasteiger partial charge in [-0.25, -0.2) is 26.3 Å². The number of nitrogens with one attached hydrogen (secondary N) is 2. The van der Waals surface area contributed by atoms with Gasteiger partial charge in [0.2, 0.25) is 20.0 Å². The van der Waals surface area contributed by atoms with Crippen LogP contribution in [-0.4, -0.2) is 53.0 Å². The van der Waals surface area contributed by atoms with Crippen LogP contribution in [0.5, 0.6) is 0 Å². The second-order valence-corrected chi connectivity index (χ2v) is 22.0. The number of benzene rings is 1. The summed E-state index contributed by atoms with van der Waals surface area (Å²) in [4.78, 5) is 28.4. The highest BCUT2D eigenvalue weighted by Gasteiger charge is 2.68. The van der Waals surface area contributed by atoms with Gasteiger partial charge in [-0.2, -0.15) is 0 Å². The highest BCUT2D eigenvalue weighted by molar-refractivity contribution is 7.89. The van der Waals surface area contributed by atoms with Crippen LogP contribution in [-0.2, 0) is 29.6 Å². The van der Waals surface area contributed by atoms with Gasteiger partial charge < -0.3 is 0 Å². The second kappa shape index (κ2) is 16.4. The van der Waals surface area contributed by atoms with Crippen molar-refractivity contribution in [3.63, 3.8) is 0 Å². The Morgan fingerprint density at radius 3 is 1.31 bits per heavy atom. The Labute approximate surface area is 327 Å². The molecule has 4 bridgehead atoms. The van der Waals surface area contributed by atoms with E-state index in [2.05, 4.69) is 64.8 Å². The third-order valence-electron chi connectivity index (χ3n) is 14.8. The van der Waals surface area contributed by atoms with Gasteiger partial charge in [-0.15, -0.1) is 0 Å². The minimum atomic E-state index is -3.67. The molecule has 4 aliphatic rings. The zero-order chi connectivity index (χ0) is 39.7. The molecule has 5 rings (SSSR count). The van der Waals surface area contributed by atoms with E-state index in [1.54, 1.807) is 0 Å². The Bertz CT molecular complexity index is 1690. The van der Waals surface area contributed by atoms with E-state index in [1.165, 1.54) is 0 Å². The van der Waals surface area contributed by atoms with Crippen molar-refractivity contribution >= 4 is 43.8 Å². The molecule has 302 valence electrons. The molecule has 0 amide bonds. The van der Waals surface area contributed by atoms with Crippen LogP contribution in [0.25, 0.3) is 12.2 Å². The van der Waals surface area contributed by atoms with Gasteiger partial charge in [-0.1, -0.05) is 118 Å². The number of Topliss-reactive ketones (excluding diaryl/α,β-unsaturated/α-hetero) is 2. The smallest absolute Gasteiger partial charge is 0.212 e. The van der Waals surface area contributed by atoms with E-state index in [0.717, 1.165) is 75.3 Å². The number of unbranched alkanes of at least 4 members (excludes halogenated alkanes) is 2. The molecule has 4 fully saturated rings. The third kappa shape index (κ3) is 8.02. The normalized spacial score (nSPS) is 29.9. The molecule has 0 radical (unpaired) electrons. The quantitative estimate of drug-likeness (QED) is 0.127. The average molecular weight is 785 g/mol. The molecule has 1 aromatic rings. The summed E-state index contributed by atoms with van der Waals surface area (Å²) in [7, 11) is -7.34. The van der Waals surface area contributed by atoms with Gasteiger partial charge in [-0.05, 0) is 96.3 Å². The SMILES string of the molecule is CCCCC(CC)CNS(=O)(=O)CC12CCC(C(=Cc3ccc(C=C4C(=O)C5(CS(=O)(=O)NCC(CC)CCCC)CCC4C5(C)C)cc3)C1=O)C2(C)C. The molecule has 10 heteroatoms. The van der Waals surface area contributed by atoms with Crippen molar-refractivity contribution in [3.05, 3.63) is 46.5 Å². The maximum Gasteiger partial charge on any atom is 0.212 e. The van der Waals surface area contributed by atoms with E-state index in [1.807, 2.05) is 36.4 Å². The lowest BCUT2D eigenvalue weighted by Crippen LogP contribution is -2.46. The van der Waals surface area contributed by atoms with Crippen LogP contribution < -0.4 is 9.44 Å². The first-order valence-corrected chi connectivity index (χ1v) is 24.2. The Hall–Kier alpha value is -2.14. The maximum absolute atomic E-state index is 14.2. The molecule has 6 unspecified atom stereocenters. The number of carbonyl (C=O) groups is 2. The number of rotatable bonds is 20. The summed E-state index contributed by atoms with van der Waals surface area (Å²) in [6.45, 7) is 17.5. The molecule has 2 N–H and O–H groups in total. The molecule has 0 heterocycles. The summed E-state index contributed by atoms with van der Waals surface area (Å²) >= 11 is 0. The van der Waals surface area contributed by atoms with E-state index in [9.17, 15) is 26.4 Å². The van der Waals surface area contributed by atoms with Crippen LogP contribution in [0.15, 0.2) is 35.4 Å². The fraction of sp³-hybridized carbons (Fsp3) is 0.727. The molecule has 0 aliphatic heterocycles. The minimum absolute atomic E-state index is 0.0185. The molecule has 0 saturated heterocycles. The second-order valence-electron chi connectivity index (χ2n) is 18.4. The number of ketones is 2. The molecular weight excluding hydrogens is 717 g/mol. The Kier molecular flexibility index (Phi) is 13.0. The zero-order valence-corrected chi connectivity index (χ0v) is 36.0. The zero-order valence-electron chi connectivity index (χ0n) is 34.4. The van der Waals surface area contributed by atoms with Gasteiger partial charge in [0.15, 0.2) is 11.6 Å². The van der Waals surface area contributed by atoms with E-state index in [4.69, 9.17) is 0 Å². The molecule has 4 saturated carbocycles. The van der Waals surface area contributed by atoms with Crippen molar-refractivity contribution in [1.82, 2.24) is 9.44 Å². The van der Waals surface area contributed by atoms with Crippen molar-refractivity contribution < 1.29 is 26.4 Å². The van der Waals surface area contributed by atoms with Crippen LogP contribution in [0.4, 0.5) is 0 Å². The summed E-state index contributed by atoms with van der Waals surface area (Å²) in [5.41, 5.74) is 0.262. The highest BCUT2D eigenvalue weighted by atomic mass is 32.2. The van der Waals surface area contributed by atoms with Gasteiger partial charge in [0, 0.05) is 24.2 Å². The summed E-state index contributed by atoms with van der Waals surface area (Å²) in [6.07, 6.45) is 14.7. The summed E-state index contributed by atoms with van der Waals surface area (Å²) < 4.78 is 59.7. The molecule has 8 nitrogen and oxygen atoms in total. The van der Waals surface area contributed by atoms with Crippen molar-refractivity contribution in [2.75, 3.05) is 24.6 Å². The first-order valence-electron chi connectivity index (χ1n) is 20.9. The number of fused-ring (bicyclic) bond motifs is 4. The molecule has 4 aliphatic carbocycles. The van der Waals surface area contributed by atoms with Crippen LogP contribution in [0.1, 0.15) is 144 Å². The molecule has 0 spiro atoms. The van der Waals surface area contributed by atoms with Crippen molar-refractivity contribution in [3.8, 4) is 0 Å². The van der Waals surface area contributed by atoms with Crippen molar-refractivity contribution in [1.29, 1.82) is 0 Å². The fourth-order valence-corrected chi connectivity index (χ4v) is 14.5. The average Bonchev–Trinajstić information content (AvgIpc) is 3.62. The molecular formula is C44H68N2O6S2. The van der Waals surface area contributed by atoms with Gasteiger partial charge in [0.05, 0.1) is 22.3 Å². The predicted molar refractivity (Wildman–Crippen MR) is 220 cm³/mol. The standard InChI is InChI=1S/C44H68N2O6S2/c1-9-13-15-31(11-3)27-45-53(49,50)29-43-23-21-37(41(43,5)6)35(39(43)47)25-33-17-19-34(20-18-33)26-36-38-22-24-44(40(36)48,42(38,7)8)30-54(51,52)46-28-32(12-4)16-14-10-2/h17-20,25-26,31-32,37-38,45-46H,9-16,21-24,27-30H2,1-8H3. The van der Waals surface area contributed by atoms with Crippen LogP contribution in [0, 0.1) is 45.3 Å². The third-order valence-corrected chi connectivity index (χ3v) is 17.8. The number of sulfonamides is 2. The lowest BCUT2D eigenvalue weighted by molar-refractivity contribution is -0.125. The molecule has 1 aromatic carbocycles. The van der Waals surface area contributed by atoms with Crippen LogP contribution in [0.3, 0.4) is 0 Å². The maximum atomic E-state index is 14.2. The molecule has 0 aromatic heterocycles. The number of hydrogen-bond donors (Lipinski definition) is 2. The summed E-state index contributed by atoms with van der Waals surface area (Å²) in [5.74, 6) is 0.0918. The predicted octanol–water partition coefficient (Wildman–Crippen LogP) is 8.74. The Morgan fingerprint density at radius 2 is 1.00 bits per heavy atom. The van der Waals surface area contributed by atoms with Gasteiger partial charge in [0.1, 0.15) is 0 Å². The molecule has 54 heavy (non-hydrogen) atoms. The number of carbonyl (C=O) groups excluding carboxylic acids is 2. The lowest BCUT2D eigenvalue weighted by atomic mass is 9.70. The van der Waals surface area contributed by atoms with Gasteiger partial charge in [-0.3, -0.25) is 9.59 Å². The van der Waals surface area contributed by atoms with Crippen molar-refractivity contribution in [2.24, 2.45) is 45.3 Å². The first-order chi connectivity index (χ1) is 25.3. The fourth-order valence-electron chi connectivity index (χ4n) is 10.7. The largest absolute Gasteiger partial charge is 0.294 e. The van der Waals surface area contributed by atoms with E-state index < -0.39 is 41.7 Å². The first kappa shape index (κ1) is 43.0. The summed E-state index contributed by atoms with van der Waals surface area (Å²) in [5, 5.41) is 0. The molecule has 6 atom stereocenters. The van der Waals surface area contributed by atoms with Crippen molar-refractivity contribution in [2.45, 2.75) is 132 Å². The Morgan fingerprint density at radius 1 is 0.648 bits per heavy atom. The lowest BCUT2D eigenvalue weighted by Gasteiger charge is -2.35. The number of allylic oxidation sites excluding steroid dienone is 2. The minimum Gasteiger partial charge on any atom is -0.294 e. The van der Waals surface area contributed by atoms with E-state index >= 15 is 0 Å². The number of hydrogen-bond acceptors (Lipinski definition) is 6. The van der Waals surface area contributed by atoms with Crippen LogP contribution >= 0.6 is 0 Å². The monoisotopic (exact) mass is 784 g/mol. The van der Waals surface area contributed by atoms with Gasteiger partial charge in [0.25, 0.3) is 0 Å². The summed E-state index contributed by atoms with van der Waals surface area (Å²) in [6, 6.07) is 7.81. The Balaban J connectivity index is 1.31. The topological polar surface area (TPSA) is 126 Å².